The van der Waals surface area contributed by atoms with Gasteiger partial charge in [0.05, 0.1) is 17.7 Å². The van der Waals surface area contributed by atoms with Gasteiger partial charge in [-0.2, -0.15) is 0 Å². The average molecular weight is 420 g/mol. The second-order valence-corrected chi connectivity index (χ2v) is 6.32. The first-order valence-electron chi connectivity index (χ1n) is 6.16. The molecule has 2 aromatic rings. The monoisotopic (exact) mass is 417 g/mol. The third-order valence-electron chi connectivity index (χ3n) is 2.93. The van der Waals surface area contributed by atoms with E-state index in [0.29, 0.717) is 11.6 Å². The molecule has 1 atom stereocenters. The van der Waals surface area contributed by atoms with E-state index < -0.39 is 0 Å². The summed E-state index contributed by atoms with van der Waals surface area (Å²) in [7, 11) is 0. The van der Waals surface area contributed by atoms with E-state index in [-0.39, 0.29) is 6.04 Å². The van der Waals surface area contributed by atoms with E-state index in [1.807, 2.05) is 43.3 Å². The summed E-state index contributed by atoms with van der Waals surface area (Å²) >= 11 is 13.3. The Hall–Kier alpha value is -0.550. The predicted octanol–water partition coefficient (Wildman–Crippen LogP) is 5.31. The zero-order chi connectivity index (χ0) is 14.7. The molecule has 2 rings (SSSR count). The van der Waals surface area contributed by atoms with E-state index in [2.05, 4.69) is 31.9 Å². The van der Waals surface area contributed by atoms with Crippen LogP contribution in [0.5, 0.6) is 5.75 Å². The summed E-state index contributed by atoms with van der Waals surface area (Å²) in [4.78, 5) is 0. The van der Waals surface area contributed by atoms with Crippen molar-refractivity contribution in [2.24, 2.45) is 5.73 Å². The molecule has 0 amide bonds. The van der Waals surface area contributed by atoms with E-state index in [1.165, 1.54) is 0 Å². The van der Waals surface area contributed by atoms with Gasteiger partial charge in [0.15, 0.2) is 0 Å². The summed E-state index contributed by atoms with van der Waals surface area (Å²) in [5.74, 6) is 0.815. The molecule has 2 aromatic carbocycles. The van der Waals surface area contributed by atoms with Crippen molar-refractivity contribution in [3.8, 4) is 5.75 Å². The minimum Gasteiger partial charge on any atom is -0.494 e. The largest absolute Gasteiger partial charge is 0.494 e. The maximum atomic E-state index is 6.33. The maximum Gasteiger partial charge on any atom is 0.120 e. The normalized spacial score (nSPS) is 12.2. The lowest BCUT2D eigenvalue weighted by atomic mass is 9.99. The van der Waals surface area contributed by atoms with Gasteiger partial charge in [0, 0.05) is 8.95 Å². The summed E-state index contributed by atoms with van der Waals surface area (Å²) in [5.41, 5.74) is 8.18. The van der Waals surface area contributed by atoms with Gasteiger partial charge in [0.25, 0.3) is 0 Å². The van der Waals surface area contributed by atoms with Crippen molar-refractivity contribution in [3.05, 3.63) is 61.5 Å². The van der Waals surface area contributed by atoms with E-state index in [0.717, 1.165) is 25.8 Å². The lowest BCUT2D eigenvalue weighted by Gasteiger charge is -2.17. The fourth-order valence-corrected chi connectivity index (χ4v) is 3.17. The molecule has 2 nitrogen and oxygen atoms in total. The molecule has 2 N–H and O–H groups in total. The van der Waals surface area contributed by atoms with Crippen molar-refractivity contribution >= 4 is 43.5 Å². The quantitative estimate of drug-likeness (QED) is 0.729. The Morgan fingerprint density at radius 3 is 2.55 bits per heavy atom. The Kier molecular flexibility index (Phi) is 5.49. The van der Waals surface area contributed by atoms with Gasteiger partial charge < -0.3 is 10.5 Å². The number of benzene rings is 2. The molecule has 0 radical (unpaired) electrons. The van der Waals surface area contributed by atoms with Gasteiger partial charge in [-0.05, 0) is 52.2 Å². The highest BCUT2D eigenvalue weighted by molar-refractivity contribution is 9.10. The van der Waals surface area contributed by atoms with Crippen molar-refractivity contribution in [3.63, 3.8) is 0 Å². The van der Waals surface area contributed by atoms with Crippen LogP contribution >= 0.6 is 43.5 Å². The van der Waals surface area contributed by atoms with Crippen molar-refractivity contribution in [2.75, 3.05) is 6.61 Å². The van der Waals surface area contributed by atoms with Crippen LogP contribution in [0.3, 0.4) is 0 Å². The molecule has 0 fully saturated rings. The van der Waals surface area contributed by atoms with E-state index in [9.17, 15) is 0 Å². The van der Waals surface area contributed by atoms with Crippen LogP contribution in [-0.4, -0.2) is 6.61 Å². The zero-order valence-corrected chi connectivity index (χ0v) is 14.8. The highest BCUT2D eigenvalue weighted by atomic mass is 79.9. The third kappa shape index (κ3) is 3.37. The van der Waals surface area contributed by atoms with Crippen LogP contribution < -0.4 is 10.5 Å². The number of rotatable bonds is 4. The van der Waals surface area contributed by atoms with Crippen LogP contribution in [0.15, 0.2) is 45.3 Å². The molecule has 5 heteroatoms. The summed E-state index contributed by atoms with van der Waals surface area (Å²) in [6.07, 6.45) is 0. The van der Waals surface area contributed by atoms with Gasteiger partial charge in [-0.15, -0.1) is 0 Å². The molecule has 0 aliphatic carbocycles. The molecule has 20 heavy (non-hydrogen) atoms. The van der Waals surface area contributed by atoms with Gasteiger partial charge in [-0.1, -0.05) is 45.7 Å². The molecular weight excluding hydrogens is 405 g/mol. The SMILES string of the molecule is CCOc1ccc(C(N)c2cccc(Br)c2Cl)c(Br)c1. The van der Waals surface area contributed by atoms with Gasteiger partial charge >= 0.3 is 0 Å². The van der Waals surface area contributed by atoms with Gasteiger partial charge in [-0.25, -0.2) is 0 Å². The maximum absolute atomic E-state index is 6.33. The van der Waals surface area contributed by atoms with Crippen LogP contribution in [0.1, 0.15) is 24.1 Å². The smallest absolute Gasteiger partial charge is 0.120 e. The molecule has 0 heterocycles. The van der Waals surface area contributed by atoms with Crippen LogP contribution in [0.2, 0.25) is 5.02 Å². The van der Waals surface area contributed by atoms with Crippen LogP contribution in [0, 0.1) is 0 Å². The van der Waals surface area contributed by atoms with Gasteiger partial charge in [-0.3, -0.25) is 0 Å². The number of hydrogen-bond donors (Lipinski definition) is 1. The number of nitrogens with two attached hydrogens (primary N) is 1. The topological polar surface area (TPSA) is 35.2 Å². The number of ether oxygens (including phenoxy) is 1. The molecule has 0 bridgehead atoms. The first-order chi connectivity index (χ1) is 9.54. The molecule has 0 saturated heterocycles. The molecule has 106 valence electrons. The second-order valence-electron chi connectivity index (χ2n) is 4.24. The molecule has 0 aromatic heterocycles. The fourth-order valence-electron chi connectivity index (χ4n) is 1.94. The highest BCUT2D eigenvalue weighted by Crippen LogP contribution is 2.35. The van der Waals surface area contributed by atoms with E-state index in [1.54, 1.807) is 0 Å². The van der Waals surface area contributed by atoms with Crippen LogP contribution in [-0.2, 0) is 0 Å². The molecular formula is C15H14Br2ClNO. The van der Waals surface area contributed by atoms with Crippen LogP contribution in [0.4, 0.5) is 0 Å². The van der Waals surface area contributed by atoms with Gasteiger partial charge in [0.2, 0.25) is 0 Å². The molecule has 0 saturated carbocycles. The highest BCUT2D eigenvalue weighted by Gasteiger charge is 2.17. The summed E-state index contributed by atoms with van der Waals surface area (Å²) < 4.78 is 7.22. The lowest BCUT2D eigenvalue weighted by molar-refractivity contribution is 0.340. The Morgan fingerprint density at radius 2 is 1.90 bits per heavy atom. The Morgan fingerprint density at radius 1 is 1.15 bits per heavy atom. The minimum atomic E-state index is -0.301. The Bertz CT molecular complexity index is 619. The first-order valence-corrected chi connectivity index (χ1v) is 8.12. The number of hydrogen-bond acceptors (Lipinski definition) is 2. The van der Waals surface area contributed by atoms with E-state index in [4.69, 9.17) is 22.1 Å². The minimum absolute atomic E-state index is 0.301. The molecule has 0 aliphatic rings. The van der Waals surface area contributed by atoms with Crippen LogP contribution in [0.25, 0.3) is 0 Å². The molecule has 0 aliphatic heterocycles. The van der Waals surface area contributed by atoms with Crippen molar-refractivity contribution < 1.29 is 4.74 Å². The van der Waals surface area contributed by atoms with E-state index >= 15 is 0 Å². The molecule has 1 unspecified atom stereocenters. The second kappa shape index (κ2) is 6.94. The zero-order valence-electron chi connectivity index (χ0n) is 10.9. The number of halogens is 3. The predicted molar refractivity (Wildman–Crippen MR) is 90.5 cm³/mol. The Labute approximate surface area is 140 Å². The summed E-state index contributed by atoms with van der Waals surface area (Å²) in [5, 5.41) is 0.640. The standard InChI is InChI=1S/C15H14Br2ClNO/c1-2-20-9-6-7-10(13(17)8-9)15(19)11-4-3-5-12(16)14(11)18/h3-8,15H,2,19H2,1H3. The average Bonchev–Trinajstić information content (AvgIpc) is 2.42. The fraction of sp³-hybridized carbons (Fsp3) is 0.200. The molecule has 0 spiro atoms. The Balaban J connectivity index is 2.38. The van der Waals surface area contributed by atoms with Crippen molar-refractivity contribution in [2.45, 2.75) is 13.0 Å². The first kappa shape index (κ1) is 15.8. The van der Waals surface area contributed by atoms with Gasteiger partial charge in [0.1, 0.15) is 5.75 Å². The van der Waals surface area contributed by atoms with Crippen molar-refractivity contribution in [1.82, 2.24) is 0 Å². The van der Waals surface area contributed by atoms with Crippen molar-refractivity contribution in [1.29, 1.82) is 0 Å². The third-order valence-corrected chi connectivity index (χ3v) is 4.93. The lowest BCUT2D eigenvalue weighted by Crippen LogP contribution is -2.13. The summed E-state index contributed by atoms with van der Waals surface area (Å²) in [6, 6.07) is 11.2. The summed E-state index contributed by atoms with van der Waals surface area (Å²) in [6.45, 7) is 2.59.